The van der Waals surface area contributed by atoms with Crippen molar-refractivity contribution in [3.05, 3.63) is 78.3 Å². The number of urea groups is 1. The molecule has 0 spiro atoms. The van der Waals surface area contributed by atoms with Gasteiger partial charge in [0.05, 0.1) is 31.5 Å². The minimum atomic E-state index is -0.953. The molecule has 1 fully saturated rings. The van der Waals surface area contributed by atoms with Crippen LogP contribution in [-0.4, -0.2) is 35.4 Å². The van der Waals surface area contributed by atoms with Crippen molar-refractivity contribution in [1.29, 1.82) is 0 Å². The van der Waals surface area contributed by atoms with Gasteiger partial charge < -0.3 is 19.4 Å². The standard InChI is InChI=1S/C26H27N3O5/c1-3-13-33-21-11-9-19(10-12-21)27-24(30)16-23-25(31)29(20-7-4-6-18(2)15-20)26(32)28(23)17-22-8-5-14-34-22/h4-12,14-15,23H,3,13,16-17H2,1-2H3,(H,27,30)/t23-/m0/s1. The Morgan fingerprint density at radius 1 is 1.09 bits per heavy atom. The lowest BCUT2D eigenvalue weighted by Crippen LogP contribution is -2.37. The van der Waals surface area contributed by atoms with Gasteiger partial charge in [0.2, 0.25) is 5.91 Å². The largest absolute Gasteiger partial charge is 0.494 e. The summed E-state index contributed by atoms with van der Waals surface area (Å²) in [5.41, 5.74) is 1.98. The van der Waals surface area contributed by atoms with Crippen molar-refractivity contribution in [3.8, 4) is 5.75 Å². The fourth-order valence-corrected chi connectivity index (χ4v) is 3.83. The van der Waals surface area contributed by atoms with Crippen LogP contribution in [0, 0.1) is 6.92 Å². The van der Waals surface area contributed by atoms with Crippen LogP contribution in [0.5, 0.6) is 5.75 Å². The van der Waals surface area contributed by atoms with Gasteiger partial charge in [-0.25, -0.2) is 9.69 Å². The molecule has 34 heavy (non-hydrogen) atoms. The molecular weight excluding hydrogens is 434 g/mol. The van der Waals surface area contributed by atoms with E-state index >= 15 is 0 Å². The third-order valence-corrected chi connectivity index (χ3v) is 5.47. The van der Waals surface area contributed by atoms with Gasteiger partial charge in [0, 0.05) is 5.69 Å². The van der Waals surface area contributed by atoms with Crippen LogP contribution in [0.4, 0.5) is 16.2 Å². The number of furan rings is 1. The molecule has 1 N–H and O–H groups in total. The predicted molar refractivity (Wildman–Crippen MR) is 128 cm³/mol. The molecule has 2 heterocycles. The van der Waals surface area contributed by atoms with E-state index in [9.17, 15) is 14.4 Å². The highest BCUT2D eigenvalue weighted by atomic mass is 16.5. The Balaban J connectivity index is 1.51. The first-order valence-corrected chi connectivity index (χ1v) is 11.2. The average molecular weight is 462 g/mol. The van der Waals surface area contributed by atoms with Crippen molar-refractivity contribution in [1.82, 2.24) is 4.90 Å². The number of ether oxygens (including phenoxy) is 1. The van der Waals surface area contributed by atoms with Crippen molar-refractivity contribution in [2.75, 3.05) is 16.8 Å². The van der Waals surface area contributed by atoms with Gasteiger partial charge in [0.25, 0.3) is 5.91 Å². The number of amides is 4. The van der Waals surface area contributed by atoms with Crippen LogP contribution < -0.4 is 15.0 Å². The van der Waals surface area contributed by atoms with E-state index in [-0.39, 0.29) is 18.9 Å². The van der Waals surface area contributed by atoms with Crippen LogP contribution in [0.2, 0.25) is 0 Å². The van der Waals surface area contributed by atoms with Crippen LogP contribution in [-0.2, 0) is 16.1 Å². The Labute approximate surface area is 198 Å². The van der Waals surface area contributed by atoms with Crippen LogP contribution in [0.3, 0.4) is 0 Å². The number of nitrogens with zero attached hydrogens (tertiary/aromatic N) is 2. The topological polar surface area (TPSA) is 92.1 Å². The van der Waals surface area contributed by atoms with Gasteiger partial charge in [-0.15, -0.1) is 0 Å². The number of hydrogen-bond acceptors (Lipinski definition) is 5. The quantitative estimate of drug-likeness (QED) is 0.465. The Morgan fingerprint density at radius 3 is 2.56 bits per heavy atom. The highest BCUT2D eigenvalue weighted by Gasteiger charge is 2.47. The summed E-state index contributed by atoms with van der Waals surface area (Å²) in [5.74, 6) is 0.430. The minimum absolute atomic E-state index is 0.0846. The Bertz CT molecular complexity index is 1160. The van der Waals surface area contributed by atoms with E-state index in [0.29, 0.717) is 23.7 Å². The number of aryl methyl sites for hydroxylation is 1. The van der Waals surface area contributed by atoms with Gasteiger partial charge >= 0.3 is 6.03 Å². The number of hydrogen-bond donors (Lipinski definition) is 1. The number of carbonyl (C=O) groups excluding carboxylic acids is 3. The SMILES string of the molecule is CCCOc1ccc(NC(=O)C[C@H]2C(=O)N(c3cccc(C)c3)C(=O)N2Cc2ccco2)cc1. The number of benzene rings is 2. The first-order chi connectivity index (χ1) is 16.5. The van der Waals surface area contributed by atoms with E-state index in [1.807, 2.05) is 19.9 Å². The van der Waals surface area contributed by atoms with Crippen molar-refractivity contribution in [3.63, 3.8) is 0 Å². The summed E-state index contributed by atoms with van der Waals surface area (Å²) >= 11 is 0. The van der Waals surface area contributed by atoms with Crippen molar-refractivity contribution >= 4 is 29.2 Å². The van der Waals surface area contributed by atoms with Crippen molar-refractivity contribution in [2.24, 2.45) is 0 Å². The number of imide groups is 1. The molecule has 0 aliphatic carbocycles. The maximum Gasteiger partial charge on any atom is 0.332 e. The van der Waals surface area contributed by atoms with Gasteiger partial charge in [-0.05, 0) is 67.4 Å². The molecular formula is C26H27N3O5. The molecule has 0 unspecified atom stereocenters. The van der Waals surface area contributed by atoms with E-state index in [1.165, 1.54) is 11.2 Å². The molecule has 0 saturated carbocycles. The van der Waals surface area contributed by atoms with E-state index < -0.39 is 18.0 Å². The van der Waals surface area contributed by atoms with Crippen molar-refractivity contribution in [2.45, 2.75) is 39.3 Å². The zero-order valence-corrected chi connectivity index (χ0v) is 19.2. The molecule has 1 aliphatic heterocycles. The summed E-state index contributed by atoms with van der Waals surface area (Å²) in [6.45, 7) is 4.62. The highest BCUT2D eigenvalue weighted by molar-refractivity contribution is 6.22. The van der Waals surface area contributed by atoms with Crippen molar-refractivity contribution < 1.29 is 23.5 Å². The minimum Gasteiger partial charge on any atom is -0.494 e. The second-order valence-electron chi connectivity index (χ2n) is 8.14. The van der Waals surface area contributed by atoms with Gasteiger partial charge in [-0.1, -0.05) is 19.1 Å². The summed E-state index contributed by atoms with van der Waals surface area (Å²) in [4.78, 5) is 42.0. The number of nitrogens with one attached hydrogen (secondary N) is 1. The molecule has 0 bridgehead atoms. The summed E-state index contributed by atoms with van der Waals surface area (Å²) in [5, 5.41) is 2.80. The Kier molecular flexibility index (Phi) is 6.96. The van der Waals surface area contributed by atoms with Crippen LogP contribution in [0.25, 0.3) is 0 Å². The second kappa shape index (κ2) is 10.2. The monoisotopic (exact) mass is 461 g/mol. The molecule has 8 nitrogen and oxygen atoms in total. The average Bonchev–Trinajstić information content (AvgIpc) is 3.41. The zero-order chi connectivity index (χ0) is 24.1. The van der Waals surface area contributed by atoms with Crippen LogP contribution in [0.1, 0.15) is 31.1 Å². The van der Waals surface area contributed by atoms with E-state index in [4.69, 9.17) is 9.15 Å². The second-order valence-corrected chi connectivity index (χ2v) is 8.14. The molecule has 1 saturated heterocycles. The van der Waals surface area contributed by atoms with Gasteiger partial charge in [-0.2, -0.15) is 0 Å². The van der Waals surface area contributed by atoms with E-state index in [2.05, 4.69) is 5.32 Å². The molecule has 2 aromatic carbocycles. The summed E-state index contributed by atoms with van der Waals surface area (Å²) < 4.78 is 10.9. The third kappa shape index (κ3) is 5.11. The number of anilines is 2. The lowest BCUT2D eigenvalue weighted by Gasteiger charge is -2.20. The normalized spacial score (nSPS) is 15.6. The molecule has 8 heteroatoms. The van der Waals surface area contributed by atoms with Crippen LogP contribution in [0.15, 0.2) is 71.3 Å². The van der Waals surface area contributed by atoms with Gasteiger partial charge in [0.15, 0.2) is 0 Å². The number of rotatable bonds is 9. The molecule has 3 aromatic rings. The molecule has 4 rings (SSSR count). The zero-order valence-electron chi connectivity index (χ0n) is 19.2. The Morgan fingerprint density at radius 2 is 1.88 bits per heavy atom. The molecule has 176 valence electrons. The fraction of sp³-hybridized carbons (Fsp3) is 0.269. The molecule has 4 amide bonds. The smallest absolute Gasteiger partial charge is 0.332 e. The number of carbonyl (C=O) groups is 3. The summed E-state index contributed by atoms with van der Waals surface area (Å²) in [6.07, 6.45) is 2.23. The lowest BCUT2D eigenvalue weighted by atomic mass is 10.1. The summed E-state index contributed by atoms with van der Waals surface area (Å²) in [7, 11) is 0. The predicted octanol–water partition coefficient (Wildman–Crippen LogP) is 4.74. The maximum atomic E-state index is 13.3. The first kappa shape index (κ1) is 23.1. The Hall–Kier alpha value is -4.07. The van der Waals surface area contributed by atoms with E-state index in [0.717, 1.165) is 22.6 Å². The lowest BCUT2D eigenvalue weighted by molar-refractivity contribution is -0.124. The molecule has 0 radical (unpaired) electrons. The van der Waals surface area contributed by atoms with Crippen LogP contribution >= 0.6 is 0 Å². The highest BCUT2D eigenvalue weighted by Crippen LogP contribution is 2.29. The molecule has 1 aliphatic rings. The summed E-state index contributed by atoms with van der Waals surface area (Å²) in [6, 6.07) is 16.2. The molecule has 1 aromatic heterocycles. The first-order valence-electron chi connectivity index (χ1n) is 11.2. The fourth-order valence-electron chi connectivity index (χ4n) is 3.83. The maximum absolute atomic E-state index is 13.3. The third-order valence-electron chi connectivity index (χ3n) is 5.47. The van der Waals surface area contributed by atoms with Gasteiger partial charge in [0.1, 0.15) is 17.6 Å². The van der Waals surface area contributed by atoms with E-state index in [1.54, 1.807) is 54.6 Å². The van der Waals surface area contributed by atoms with Gasteiger partial charge in [-0.3, -0.25) is 9.59 Å². The molecule has 1 atom stereocenters.